The van der Waals surface area contributed by atoms with E-state index in [1.807, 2.05) is 6.08 Å². The van der Waals surface area contributed by atoms with Gasteiger partial charge in [-0.05, 0) is 12.0 Å². The predicted molar refractivity (Wildman–Crippen MR) is 52.2 cm³/mol. The Morgan fingerprint density at radius 2 is 2.00 bits per heavy atom. The van der Waals surface area contributed by atoms with Crippen LogP contribution in [0.15, 0.2) is 22.7 Å². The number of alkyl halides is 2. The smallest absolute Gasteiger partial charge is 0.0540 e. The van der Waals surface area contributed by atoms with Crippen LogP contribution in [0.4, 0.5) is 0 Å². The molecule has 0 bridgehead atoms. The Hall–Kier alpha value is 0.540. The van der Waals surface area contributed by atoms with Crippen molar-refractivity contribution in [2.24, 2.45) is 0 Å². The standard InChI is InChI=1S/C7H9BrCl2/c1-2-3-6(4-9)7(8)5-10/h2H,1,3-5H2/b7-6+. The molecule has 10 heavy (non-hydrogen) atoms. The van der Waals surface area contributed by atoms with E-state index in [4.69, 9.17) is 23.2 Å². The molecule has 0 nitrogen and oxygen atoms in total. The van der Waals surface area contributed by atoms with Gasteiger partial charge in [0.1, 0.15) is 0 Å². The fraction of sp³-hybridized carbons (Fsp3) is 0.429. The highest BCUT2D eigenvalue weighted by Gasteiger charge is 1.98. The van der Waals surface area contributed by atoms with Crippen molar-refractivity contribution in [3.63, 3.8) is 0 Å². The summed E-state index contributed by atoms with van der Waals surface area (Å²) in [6.07, 6.45) is 2.61. The molecule has 58 valence electrons. The number of halogens is 3. The molecule has 0 aromatic heterocycles. The summed E-state index contributed by atoms with van der Waals surface area (Å²) in [7, 11) is 0. The maximum Gasteiger partial charge on any atom is 0.0540 e. The molecular formula is C7H9BrCl2. The van der Waals surface area contributed by atoms with E-state index in [-0.39, 0.29) is 0 Å². The van der Waals surface area contributed by atoms with Crippen molar-refractivity contribution in [3.05, 3.63) is 22.7 Å². The van der Waals surface area contributed by atoms with Crippen molar-refractivity contribution in [1.29, 1.82) is 0 Å². The van der Waals surface area contributed by atoms with Gasteiger partial charge in [0.2, 0.25) is 0 Å². The van der Waals surface area contributed by atoms with Gasteiger partial charge in [0.15, 0.2) is 0 Å². The van der Waals surface area contributed by atoms with Crippen molar-refractivity contribution in [3.8, 4) is 0 Å². The van der Waals surface area contributed by atoms with Crippen LogP contribution in [0.2, 0.25) is 0 Å². The summed E-state index contributed by atoms with van der Waals surface area (Å²) in [4.78, 5) is 0. The van der Waals surface area contributed by atoms with Gasteiger partial charge in [-0.15, -0.1) is 29.8 Å². The molecule has 0 spiro atoms. The second-order valence-electron chi connectivity index (χ2n) is 1.77. The molecular weight excluding hydrogens is 235 g/mol. The zero-order valence-corrected chi connectivity index (χ0v) is 8.64. The molecule has 0 saturated carbocycles. The Morgan fingerprint density at radius 1 is 1.40 bits per heavy atom. The van der Waals surface area contributed by atoms with Crippen LogP contribution in [-0.4, -0.2) is 11.8 Å². The van der Waals surface area contributed by atoms with Crippen LogP contribution < -0.4 is 0 Å². The molecule has 0 N–H and O–H groups in total. The van der Waals surface area contributed by atoms with Crippen LogP contribution in [0.1, 0.15) is 6.42 Å². The Labute approximate surface area is 80.0 Å². The summed E-state index contributed by atoms with van der Waals surface area (Å²) in [5, 5.41) is 0. The third-order valence-electron chi connectivity index (χ3n) is 1.05. The second-order valence-corrected chi connectivity index (χ2v) is 3.26. The molecule has 0 amide bonds. The van der Waals surface area contributed by atoms with E-state index in [1.165, 1.54) is 0 Å². The van der Waals surface area contributed by atoms with Crippen LogP contribution in [-0.2, 0) is 0 Å². The summed E-state index contributed by atoms with van der Waals surface area (Å²) in [5.74, 6) is 0.995. The van der Waals surface area contributed by atoms with E-state index in [2.05, 4.69) is 22.5 Å². The topological polar surface area (TPSA) is 0 Å². The van der Waals surface area contributed by atoms with E-state index in [1.54, 1.807) is 0 Å². The Bertz CT molecular complexity index is 141. The van der Waals surface area contributed by atoms with Crippen LogP contribution >= 0.6 is 39.1 Å². The minimum Gasteiger partial charge on any atom is -0.122 e. The highest BCUT2D eigenvalue weighted by atomic mass is 79.9. The normalized spacial score (nSPS) is 12.7. The lowest BCUT2D eigenvalue weighted by Crippen LogP contribution is -1.87. The van der Waals surface area contributed by atoms with Gasteiger partial charge in [-0.25, -0.2) is 0 Å². The average molecular weight is 244 g/mol. The molecule has 0 aliphatic heterocycles. The maximum absolute atomic E-state index is 5.63. The van der Waals surface area contributed by atoms with E-state index >= 15 is 0 Å². The molecule has 3 heteroatoms. The first-order chi connectivity index (χ1) is 4.76. The van der Waals surface area contributed by atoms with Crippen LogP contribution in [0.25, 0.3) is 0 Å². The molecule has 0 rings (SSSR count). The van der Waals surface area contributed by atoms with Crippen LogP contribution in [0.5, 0.6) is 0 Å². The van der Waals surface area contributed by atoms with Crippen molar-refractivity contribution in [1.82, 2.24) is 0 Å². The van der Waals surface area contributed by atoms with Crippen LogP contribution in [0, 0.1) is 0 Å². The largest absolute Gasteiger partial charge is 0.122 e. The van der Waals surface area contributed by atoms with E-state index in [9.17, 15) is 0 Å². The number of allylic oxidation sites excluding steroid dienone is 3. The molecule has 0 aliphatic carbocycles. The highest BCUT2D eigenvalue weighted by molar-refractivity contribution is 9.11. The fourth-order valence-corrected chi connectivity index (χ4v) is 1.43. The minimum absolute atomic E-state index is 0.482. The van der Waals surface area contributed by atoms with Gasteiger partial charge in [-0.3, -0.25) is 0 Å². The van der Waals surface area contributed by atoms with Gasteiger partial charge in [-0.1, -0.05) is 22.0 Å². The van der Waals surface area contributed by atoms with Gasteiger partial charge in [0.05, 0.1) is 5.88 Å². The Kier molecular flexibility index (Phi) is 6.60. The molecule has 0 saturated heterocycles. The molecule has 0 unspecified atom stereocenters. The summed E-state index contributed by atoms with van der Waals surface area (Å²) in [6.45, 7) is 3.61. The third-order valence-corrected chi connectivity index (χ3v) is 2.81. The van der Waals surface area contributed by atoms with Gasteiger partial charge in [-0.2, -0.15) is 0 Å². The average Bonchev–Trinajstić information content (AvgIpc) is 1.99. The summed E-state index contributed by atoms with van der Waals surface area (Å²) in [6, 6.07) is 0. The second kappa shape index (κ2) is 6.26. The third kappa shape index (κ3) is 3.65. The van der Waals surface area contributed by atoms with Gasteiger partial charge < -0.3 is 0 Å². The number of hydrogen-bond acceptors (Lipinski definition) is 0. The molecule has 0 atom stereocenters. The maximum atomic E-state index is 5.63. The van der Waals surface area contributed by atoms with E-state index in [0.717, 1.165) is 16.5 Å². The summed E-state index contributed by atoms with van der Waals surface area (Å²) < 4.78 is 0.976. The first-order valence-electron chi connectivity index (χ1n) is 2.85. The quantitative estimate of drug-likeness (QED) is 0.522. The Morgan fingerprint density at radius 3 is 2.30 bits per heavy atom. The first kappa shape index (κ1) is 10.5. The molecule has 0 aliphatic rings. The van der Waals surface area contributed by atoms with E-state index < -0.39 is 0 Å². The van der Waals surface area contributed by atoms with Crippen molar-refractivity contribution >= 4 is 39.1 Å². The van der Waals surface area contributed by atoms with E-state index in [0.29, 0.717) is 11.8 Å². The highest BCUT2D eigenvalue weighted by Crippen LogP contribution is 2.18. The summed E-state index contributed by atoms with van der Waals surface area (Å²) >= 11 is 14.5. The molecule has 0 fully saturated rings. The SMILES string of the molecule is C=CC/C(CCl)=C(\Br)CCl. The molecule has 0 heterocycles. The zero-order valence-electron chi connectivity index (χ0n) is 5.54. The van der Waals surface area contributed by atoms with Crippen molar-refractivity contribution < 1.29 is 0 Å². The number of hydrogen-bond donors (Lipinski definition) is 0. The fourth-order valence-electron chi connectivity index (χ4n) is 0.507. The first-order valence-corrected chi connectivity index (χ1v) is 4.71. The van der Waals surface area contributed by atoms with Crippen LogP contribution in [0.3, 0.4) is 0 Å². The number of rotatable bonds is 4. The predicted octanol–water partition coefficient (Wildman–Crippen LogP) is 3.69. The summed E-state index contributed by atoms with van der Waals surface area (Å²) in [5.41, 5.74) is 1.10. The Balaban J connectivity index is 4.13. The lowest BCUT2D eigenvalue weighted by Gasteiger charge is -2.00. The molecule has 0 aromatic rings. The van der Waals surface area contributed by atoms with Crippen molar-refractivity contribution in [2.45, 2.75) is 6.42 Å². The lowest BCUT2D eigenvalue weighted by molar-refractivity contribution is 1.20. The van der Waals surface area contributed by atoms with Gasteiger partial charge >= 0.3 is 0 Å². The molecule has 0 radical (unpaired) electrons. The monoisotopic (exact) mass is 242 g/mol. The molecule has 0 aromatic carbocycles. The van der Waals surface area contributed by atoms with Crippen molar-refractivity contribution in [2.75, 3.05) is 11.8 Å². The lowest BCUT2D eigenvalue weighted by atomic mass is 10.2. The van der Waals surface area contributed by atoms with Gasteiger partial charge in [0, 0.05) is 10.4 Å². The minimum atomic E-state index is 0.482. The zero-order chi connectivity index (χ0) is 7.98. The van der Waals surface area contributed by atoms with Gasteiger partial charge in [0.25, 0.3) is 0 Å².